The molecule has 0 fully saturated rings. The van der Waals surface area contributed by atoms with E-state index in [2.05, 4.69) is 61.1 Å². The molecular weight excluding hydrogens is 310 g/mol. The second-order valence-electron chi connectivity index (χ2n) is 7.09. The number of nitrogens with one attached hydrogen (secondary N) is 1. The second kappa shape index (κ2) is 6.34. The van der Waals surface area contributed by atoms with Crippen LogP contribution in [0.3, 0.4) is 0 Å². The minimum absolute atomic E-state index is 0.0400. The van der Waals surface area contributed by atoms with Gasteiger partial charge in [0.15, 0.2) is 0 Å². The number of benzene rings is 1. The number of hydrogen-bond acceptors (Lipinski definition) is 2. The van der Waals surface area contributed by atoms with Crippen molar-refractivity contribution in [3.63, 3.8) is 0 Å². The summed E-state index contributed by atoms with van der Waals surface area (Å²) >= 11 is 0. The molecular formula is C21H27N3O. The molecule has 1 aliphatic carbocycles. The molecule has 4 rings (SSSR count). The van der Waals surface area contributed by atoms with E-state index in [0.717, 1.165) is 32.6 Å². The highest BCUT2D eigenvalue weighted by Gasteiger charge is 2.37. The molecule has 2 heterocycles. The van der Waals surface area contributed by atoms with Gasteiger partial charge in [-0.3, -0.25) is 9.69 Å². The van der Waals surface area contributed by atoms with E-state index < -0.39 is 0 Å². The minimum atomic E-state index is -0.0400. The highest BCUT2D eigenvalue weighted by Crippen LogP contribution is 2.41. The third-order valence-electron chi connectivity index (χ3n) is 5.92. The fourth-order valence-electron chi connectivity index (χ4n) is 4.60. The van der Waals surface area contributed by atoms with Gasteiger partial charge in [0.1, 0.15) is 0 Å². The van der Waals surface area contributed by atoms with Gasteiger partial charge in [-0.05, 0) is 49.6 Å². The Labute approximate surface area is 149 Å². The maximum Gasteiger partial charge on any atom is 0.230 e. The van der Waals surface area contributed by atoms with Crippen LogP contribution in [0, 0.1) is 5.92 Å². The number of carbonyl (C=O) groups excluding carboxylic acids is 1. The lowest BCUT2D eigenvalue weighted by molar-refractivity contribution is -0.134. The van der Waals surface area contributed by atoms with Crippen LogP contribution in [0.4, 0.5) is 0 Å². The van der Waals surface area contributed by atoms with Crippen LogP contribution in [0.25, 0.3) is 16.5 Å². The summed E-state index contributed by atoms with van der Waals surface area (Å²) in [4.78, 5) is 20.8. The van der Waals surface area contributed by atoms with Crippen molar-refractivity contribution in [1.82, 2.24) is 14.8 Å². The monoisotopic (exact) mass is 337 g/mol. The van der Waals surface area contributed by atoms with Crippen LogP contribution < -0.4 is 0 Å². The molecule has 4 heteroatoms. The van der Waals surface area contributed by atoms with Gasteiger partial charge in [-0.1, -0.05) is 25.1 Å². The lowest BCUT2D eigenvalue weighted by atomic mass is 9.79. The zero-order valence-electron chi connectivity index (χ0n) is 15.4. The number of hydrogen-bond donors (Lipinski definition) is 1. The zero-order valence-corrected chi connectivity index (χ0v) is 15.4. The first-order valence-electron chi connectivity index (χ1n) is 9.51. The average Bonchev–Trinajstić information content (AvgIpc) is 3.06. The Morgan fingerprint density at radius 2 is 2.08 bits per heavy atom. The maximum atomic E-state index is 13.0. The van der Waals surface area contributed by atoms with E-state index in [4.69, 9.17) is 0 Å². The van der Waals surface area contributed by atoms with E-state index >= 15 is 0 Å². The number of H-pyrrole nitrogens is 1. The number of nitrogens with zero attached hydrogens (tertiary/aromatic N) is 2. The molecule has 2 atom stereocenters. The fraction of sp³-hybridized carbons (Fsp3) is 0.476. The van der Waals surface area contributed by atoms with E-state index in [1.165, 1.54) is 27.6 Å². The van der Waals surface area contributed by atoms with Crippen LogP contribution >= 0.6 is 0 Å². The number of rotatable bonds is 4. The largest absolute Gasteiger partial charge is 0.361 e. The van der Waals surface area contributed by atoms with Gasteiger partial charge < -0.3 is 9.88 Å². The van der Waals surface area contributed by atoms with Crippen molar-refractivity contribution in [3.8, 4) is 0 Å². The van der Waals surface area contributed by atoms with E-state index in [9.17, 15) is 4.79 Å². The zero-order chi connectivity index (χ0) is 17.6. The lowest BCUT2D eigenvalue weighted by Gasteiger charge is -2.42. The van der Waals surface area contributed by atoms with Crippen molar-refractivity contribution < 1.29 is 4.79 Å². The number of aromatic amines is 1. The summed E-state index contributed by atoms with van der Waals surface area (Å²) in [5, 5.41) is 1.34. The Morgan fingerprint density at radius 1 is 1.28 bits per heavy atom. The molecule has 0 bridgehead atoms. The Bertz CT molecular complexity index is 831. The van der Waals surface area contributed by atoms with Crippen LogP contribution in [-0.4, -0.2) is 52.9 Å². The topological polar surface area (TPSA) is 39.3 Å². The predicted octanol–water partition coefficient (Wildman–Crippen LogP) is 3.30. The fourth-order valence-corrected chi connectivity index (χ4v) is 4.60. The molecule has 0 saturated heterocycles. The summed E-state index contributed by atoms with van der Waals surface area (Å²) in [6.45, 7) is 9.69. The van der Waals surface area contributed by atoms with Crippen LogP contribution in [0.1, 0.15) is 31.9 Å². The molecule has 1 aliphatic heterocycles. The molecule has 1 N–H and O–H groups in total. The molecule has 0 saturated carbocycles. The van der Waals surface area contributed by atoms with Crippen LogP contribution in [0.5, 0.6) is 0 Å². The van der Waals surface area contributed by atoms with E-state index in [-0.39, 0.29) is 11.8 Å². The minimum Gasteiger partial charge on any atom is -0.361 e. The van der Waals surface area contributed by atoms with Crippen LogP contribution in [0.2, 0.25) is 0 Å². The summed E-state index contributed by atoms with van der Waals surface area (Å²) in [5.74, 6) is 0.225. The Hall–Kier alpha value is -2.07. The molecule has 4 nitrogen and oxygen atoms in total. The molecule has 1 aromatic heterocycles. The van der Waals surface area contributed by atoms with Crippen molar-refractivity contribution in [2.24, 2.45) is 5.92 Å². The van der Waals surface area contributed by atoms with Crippen LogP contribution in [0.15, 0.2) is 30.5 Å². The summed E-state index contributed by atoms with van der Waals surface area (Å²) in [5.41, 5.74) is 5.25. The van der Waals surface area contributed by atoms with E-state index in [0.29, 0.717) is 6.04 Å². The molecule has 2 aliphatic rings. The van der Waals surface area contributed by atoms with Crippen molar-refractivity contribution in [2.75, 3.05) is 26.2 Å². The molecule has 0 unspecified atom stereocenters. The molecule has 0 spiro atoms. The highest BCUT2D eigenvalue weighted by molar-refractivity contribution is 5.99. The van der Waals surface area contributed by atoms with E-state index in [1.54, 1.807) is 0 Å². The van der Waals surface area contributed by atoms with Crippen molar-refractivity contribution in [3.05, 3.63) is 41.6 Å². The van der Waals surface area contributed by atoms with Gasteiger partial charge >= 0.3 is 0 Å². The van der Waals surface area contributed by atoms with Crippen LogP contribution in [-0.2, 0) is 11.2 Å². The summed E-state index contributed by atoms with van der Waals surface area (Å²) < 4.78 is 0. The van der Waals surface area contributed by atoms with Gasteiger partial charge in [0.25, 0.3) is 0 Å². The first-order valence-corrected chi connectivity index (χ1v) is 9.51. The van der Waals surface area contributed by atoms with Gasteiger partial charge in [-0.2, -0.15) is 0 Å². The van der Waals surface area contributed by atoms with Crippen molar-refractivity contribution >= 4 is 22.4 Å². The van der Waals surface area contributed by atoms with Crippen molar-refractivity contribution in [1.29, 1.82) is 0 Å². The van der Waals surface area contributed by atoms with Gasteiger partial charge in [0.05, 0.1) is 5.92 Å². The number of fused-ring (bicyclic) bond motifs is 2. The third kappa shape index (κ3) is 2.51. The summed E-state index contributed by atoms with van der Waals surface area (Å²) in [6.07, 6.45) is 5.46. The predicted molar refractivity (Wildman–Crippen MR) is 102 cm³/mol. The third-order valence-corrected chi connectivity index (χ3v) is 5.92. The maximum absolute atomic E-state index is 13.0. The normalized spacial score (nSPS) is 22.6. The quantitative estimate of drug-likeness (QED) is 0.930. The number of likely N-dealkylation sites (N-methyl/N-ethyl adjacent to an activating group) is 1. The number of carbonyl (C=O) groups is 1. The molecule has 132 valence electrons. The van der Waals surface area contributed by atoms with Gasteiger partial charge in [0, 0.05) is 42.8 Å². The Kier molecular flexibility index (Phi) is 4.16. The second-order valence-corrected chi connectivity index (χ2v) is 7.09. The molecule has 1 aromatic carbocycles. The summed E-state index contributed by atoms with van der Waals surface area (Å²) in [7, 11) is 0. The SMILES string of the molecule is CCN(CC)C(=O)[C@H]1C=C2c3cccc4[nH]cc(c34)C[C@@H]2N(CC)C1. The number of amides is 1. The number of aromatic nitrogens is 1. The van der Waals surface area contributed by atoms with Gasteiger partial charge in [-0.15, -0.1) is 0 Å². The first-order chi connectivity index (χ1) is 12.2. The summed E-state index contributed by atoms with van der Waals surface area (Å²) in [6, 6.07) is 6.87. The molecule has 2 aromatic rings. The molecule has 0 radical (unpaired) electrons. The molecule has 25 heavy (non-hydrogen) atoms. The Morgan fingerprint density at radius 3 is 2.80 bits per heavy atom. The van der Waals surface area contributed by atoms with Gasteiger partial charge in [-0.25, -0.2) is 0 Å². The lowest BCUT2D eigenvalue weighted by Crippen LogP contribution is -2.49. The molecule has 1 amide bonds. The standard InChI is InChI=1S/C21H27N3O/c1-4-23(5-2)21(25)15-10-17-16-8-7-9-18-20(16)14(12-22-18)11-19(17)24(6-3)13-15/h7-10,12,15,19,22H,4-6,11,13H2,1-3H3/t15-,19-/m0/s1. The highest BCUT2D eigenvalue weighted by atomic mass is 16.2. The first kappa shape index (κ1) is 16.4. The van der Waals surface area contributed by atoms with E-state index in [1.807, 2.05) is 4.90 Å². The van der Waals surface area contributed by atoms with Gasteiger partial charge in [0.2, 0.25) is 5.91 Å². The smallest absolute Gasteiger partial charge is 0.230 e. The van der Waals surface area contributed by atoms with Crippen molar-refractivity contribution in [2.45, 2.75) is 33.2 Å². The average molecular weight is 337 g/mol. The Balaban J connectivity index is 1.81.